The van der Waals surface area contributed by atoms with Crippen LogP contribution < -0.4 is 0 Å². The van der Waals surface area contributed by atoms with Crippen molar-refractivity contribution in [2.24, 2.45) is 0 Å². The lowest BCUT2D eigenvalue weighted by atomic mass is 9.97. The lowest BCUT2D eigenvalue weighted by Crippen LogP contribution is -2.41. The maximum atomic E-state index is 11.5. The summed E-state index contributed by atoms with van der Waals surface area (Å²) in [6.45, 7) is 5.28. The fourth-order valence-corrected chi connectivity index (χ4v) is 2.59. The molecule has 0 bridgehead atoms. The molecule has 1 saturated heterocycles. The Balaban J connectivity index is 2.13. The molecule has 1 atom stereocenters. The van der Waals surface area contributed by atoms with E-state index in [0.717, 1.165) is 25.2 Å². The van der Waals surface area contributed by atoms with Crippen molar-refractivity contribution in [3.8, 4) is 0 Å². The number of likely N-dealkylation sites (tertiary alicyclic amines) is 1. The molecular formula is C13H21N3O2. The second-order valence-electron chi connectivity index (χ2n) is 5.12. The highest BCUT2D eigenvalue weighted by Gasteiger charge is 2.27. The van der Waals surface area contributed by atoms with Gasteiger partial charge in [0.15, 0.2) is 0 Å². The van der Waals surface area contributed by atoms with Crippen LogP contribution in [0.5, 0.6) is 0 Å². The number of carbonyl (C=O) groups excluding carboxylic acids is 1. The molecule has 0 spiro atoms. The highest BCUT2D eigenvalue weighted by Crippen LogP contribution is 2.27. The maximum absolute atomic E-state index is 11.5. The quantitative estimate of drug-likeness (QED) is 0.877. The van der Waals surface area contributed by atoms with Gasteiger partial charge < -0.3 is 14.6 Å². The molecule has 1 aromatic heterocycles. The van der Waals surface area contributed by atoms with Crippen LogP contribution >= 0.6 is 0 Å². The largest absolute Gasteiger partial charge is 0.387 e. The molecule has 0 aliphatic carbocycles. The summed E-state index contributed by atoms with van der Waals surface area (Å²) in [4.78, 5) is 17.7. The molecule has 5 heteroatoms. The molecule has 18 heavy (non-hydrogen) atoms. The van der Waals surface area contributed by atoms with E-state index in [-0.39, 0.29) is 11.8 Å². The molecule has 100 valence electrons. The number of nitrogens with zero attached hydrogens (tertiary/aromatic N) is 3. The number of aliphatic hydroxyl groups excluding tert-OH is 1. The summed E-state index contributed by atoms with van der Waals surface area (Å²) in [5.74, 6) is 1.16. The molecule has 1 aliphatic heterocycles. The van der Waals surface area contributed by atoms with Gasteiger partial charge >= 0.3 is 0 Å². The molecule has 0 unspecified atom stereocenters. The third-order valence-corrected chi connectivity index (χ3v) is 3.53. The normalized spacial score (nSPS) is 20.4. The van der Waals surface area contributed by atoms with Crippen LogP contribution in [0.3, 0.4) is 0 Å². The second-order valence-corrected chi connectivity index (χ2v) is 5.12. The first-order chi connectivity index (χ1) is 8.63. The molecule has 2 heterocycles. The van der Waals surface area contributed by atoms with E-state index in [1.165, 1.54) is 0 Å². The lowest BCUT2D eigenvalue weighted by Gasteiger charge is -2.32. The number of aliphatic hydroxyl groups is 1. The van der Waals surface area contributed by atoms with Gasteiger partial charge in [-0.1, -0.05) is 0 Å². The Morgan fingerprint density at radius 3 is 3.06 bits per heavy atom. The fraction of sp³-hybridized carbons (Fsp3) is 0.692. The molecule has 1 aliphatic rings. The van der Waals surface area contributed by atoms with E-state index >= 15 is 0 Å². The third-order valence-electron chi connectivity index (χ3n) is 3.53. The molecule has 0 aromatic carbocycles. The Kier molecular flexibility index (Phi) is 4.01. The van der Waals surface area contributed by atoms with Gasteiger partial charge in [-0.15, -0.1) is 0 Å². The van der Waals surface area contributed by atoms with Crippen molar-refractivity contribution < 1.29 is 9.90 Å². The molecular weight excluding hydrogens is 230 g/mol. The van der Waals surface area contributed by atoms with Crippen LogP contribution in [-0.4, -0.2) is 45.2 Å². The molecule has 0 radical (unpaired) electrons. The van der Waals surface area contributed by atoms with E-state index in [1.54, 1.807) is 4.90 Å². The highest BCUT2D eigenvalue weighted by atomic mass is 16.3. The molecule has 1 fully saturated rings. The van der Waals surface area contributed by atoms with Crippen LogP contribution in [0.4, 0.5) is 0 Å². The van der Waals surface area contributed by atoms with Crippen LogP contribution in [0.15, 0.2) is 12.4 Å². The number of amides is 1. The maximum Gasteiger partial charge on any atom is 0.248 e. The number of aromatic nitrogens is 2. The first kappa shape index (κ1) is 13.1. The van der Waals surface area contributed by atoms with Gasteiger partial charge in [-0.2, -0.15) is 0 Å². The first-order valence-electron chi connectivity index (χ1n) is 6.54. The predicted octanol–water partition coefficient (Wildman–Crippen LogP) is 1.16. The van der Waals surface area contributed by atoms with Gasteiger partial charge in [0.25, 0.3) is 0 Å². The summed E-state index contributed by atoms with van der Waals surface area (Å²) >= 11 is 0. The van der Waals surface area contributed by atoms with Gasteiger partial charge in [0.1, 0.15) is 12.4 Å². The second kappa shape index (κ2) is 5.52. The summed E-state index contributed by atoms with van der Waals surface area (Å²) in [7, 11) is 0. The smallest absolute Gasteiger partial charge is 0.248 e. The van der Waals surface area contributed by atoms with Crippen LogP contribution in [0.25, 0.3) is 0 Å². The number of imidazole rings is 1. The molecule has 2 rings (SSSR count). The zero-order chi connectivity index (χ0) is 13.1. The van der Waals surface area contributed by atoms with Gasteiger partial charge in [0.05, 0.1) is 0 Å². The Morgan fingerprint density at radius 2 is 2.39 bits per heavy atom. The first-order valence-corrected chi connectivity index (χ1v) is 6.54. The van der Waals surface area contributed by atoms with Crippen LogP contribution in [-0.2, 0) is 4.79 Å². The zero-order valence-electron chi connectivity index (χ0n) is 11.0. The van der Waals surface area contributed by atoms with Crippen molar-refractivity contribution in [2.75, 3.05) is 19.7 Å². The van der Waals surface area contributed by atoms with Crippen molar-refractivity contribution in [2.45, 2.75) is 38.6 Å². The van der Waals surface area contributed by atoms with Gasteiger partial charge in [0, 0.05) is 37.4 Å². The van der Waals surface area contributed by atoms with Crippen molar-refractivity contribution in [1.82, 2.24) is 14.5 Å². The average molecular weight is 251 g/mol. The van der Waals surface area contributed by atoms with Crippen LogP contribution in [0.1, 0.15) is 44.5 Å². The minimum Gasteiger partial charge on any atom is -0.387 e. The Morgan fingerprint density at radius 1 is 1.61 bits per heavy atom. The van der Waals surface area contributed by atoms with E-state index in [9.17, 15) is 4.79 Å². The van der Waals surface area contributed by atoms with Gasteiger partial charge in [-0.3, -0.25) is 4.79 Å². The minimum absolute atomic E-state index is 0.178. The van der Waals surface area contributed by atoms with Gasteiger partial charge in [-0.25, -0.2) is 4.98 Å². The van der Waals surface area contributed by atoms with E-state index < -0.39 is 6.61 Å². The van der Waals surface area contributed by atoms with E-state index in [2.05, 4.69) is 23.4 Å². The van der Waals surface area contributed by atoms with Crippen LogP contribution in [0, 0.1) is 0 Å². The van der Waals surface area contributed by atoms with E-state index in [0.29, 0.717) is 12.6 Å². The number of carbonyl (C=O) groups is 1. The summed E-state index contributed by atoms with van der Waals surface area (Å²) in [5, 5.41) is 8.93. The zero-order valence-corrected chi connectivity index (χ0v) is 11.0. The van der Waals surface area contributed by atoms with Crippen molar-refractivity contribution in [3.63, 3.8) is 0 Å². The standard InChI is InChI=1S/C13H21N3O2/c1-10(2)16-7-5-14-13(16)11-4-3-6-15(8-11)12(18)9-17/h5,7,10-11,17H,3-4,6,8-9H2,1-2H3/t11-/m1/s1. The molecule has 5 nitrogen and oxygen atoms in total. The predicted molar refractivity (Wildman–Crippen MR) is 68.3 cm³/mol. The topological polar surface area (TPSA) is 58.4 Å². The van der Waals surface area contributed by atoms with Gasteiger partial charge in [-0.05, 0) is 26.7 Å². The number of hydrogen-bond donors (Lipinski definition) is 1. The van der Waals surface area contributed by atoms with E-state index in [4.69, 9.17) is 5.11 Å². The average Bonchev–Trinajstić information content (AvgIpc) is 2.87. The van der Waals surface area contributed by atoms with Crippen molar-refractivity contribution in [1.29, 1.82) is 0 Å². The minimum atomic E-state index is -0.397. The SMILES string of the molecule is CC(C)n1ccnc1[C@@H]1CCCN(C(=O)CO)C1. The van der Waals surface area contributed by atoms with Crippen molar-refractivity contribution >= 4 is 5.91 Å². The number of hydrogen-bond acceptors (Lipinski definition) is 3. The highest BCUT2D eigenvalue weighted by molar-refractivity contribution is 5.77. The Hall–Kier alpha value is -1.36. The number of piperidine rings is 1. The Labute approximate surface area is 107 Å². The molecule has 0 saturated carbocycles. The van der Waals surface area contributed by atoms with Gasteiger partial charge in [0.2, 0.25) is 5.91 Å². The fourth-order valence-electron chi connectivity index (χ4n) is 2.59. The molecule has 1 aromatic rings. The third kappa shape index (κ3) is 2.56. The summed E-state index contributed by atoms with van der Waals surface area (Å²) in [5.41, 5.74) is 0. The Bertz CT molecular complexity index is 414. The van der Waals surface area contributed by atoms with Crippen LogP contribution in [0.2, 0.25) is 0 Å². The molecule has 1 amide bonds. The lowest BCUT2D eigenvalue weighted by molar-refractivity contribution is -0.135. The summed E-state index contributed by atoms with van der Waals surface area (Å²) in [6.07, 6.45) is 5.84. The van der Waals surface area contributed by atoms with Crippen molar-refractivity contribution in [3.05, 3.63) is 18.2 Å². The van der Waals surface area contributed by atoms with E-state index in [1.807, 2.05) is 12.4 Å². The summed E-state index contributed by atoms with van der Waals surface area (Å²) in [6, 6.07) is 0.381. The summed E-state index contributed by atoms with van der Waals surface area (Å²) < 4.78 is 2.16. The molecule has 1 N–H and O–H groups in total. The number of rotatable bonds is 3. The monoisotopic (exact) mass is 251 g/mol.